The zero-order chi connectivity index (χ0) is 18.1. The van der Waals surface area contributed by atoms with E-state index in [4.69, 9.17) is 21.1 Å². The van der Waals surface area contributed by atoms with Crippen molar-refractivity contribution in [2.75, 3.05) is 18.5 Å². The Bertz CT molecular complexity index is 967. The minimum Gasteiger partial charge on any atom is -0.486 e. The summed E-state index contributed by atoms with van der Waals surface area (Å²) in [4.78, 5) is 12.6. The molecule has 132 valence electrons. The Labute approximate surface area is 155 Å². The van der Waals surface area contributed by atoms with Gasteiger partial charge in [0, 0.05) is 16.8 Å². The van der Waals surface area contributed by atoms with Crippen LogP contribution < -0.4 is 14.8 Å². The summed E-state index contributed by atoms with van der Waals surface area (Å²) in [5, 5.41) is 7.84. The van der Waals surface area contributed by atoms with Crippen molar-refractivity contribution in [3.63, 3.8) is 0 Å². The second-order valence-corrected chi connectivity index (χ2v) is 6.28. The highest BCUT2D eigenvalue weighted by Gasteiger charge is 2.17. The molecule has 26 heavy (non-hydrogen) atoms. The van der Waals surface area contributed by atoms with Gasteiger partial charge in [-0.05, 0) is 43.3 Å². The molecule has 0 fully saturated rings. The fourth-order valence-corrected chi connectivity index (χ4v) is 2.92. The molecule has 6 nitrogen and oxygen atoms in total. The summed E-state index contributed by atoms with van der Waals surface area (Å²) in [7, 11) is 0. The highest BCUT2D eigenvalue weighted by atomic mass is 35.5. The minimum absolute atomic E-state index is 0.237. The molecule has 1 amide bonds. The standard InChI is InChI=1S/C19H16ClN3O3/c1-12-16(11-21-23(12)15-5-2-13(20)3-6-15)19(24)22-14-4-7-17-18(10-14)26-9-8-25-17/h2-7,10-11H,8-9H2,1H3,(H,22,24). The predicted octanol–water partition coefficient (Wildman–Crippen LogP) is 3.86. The fourth-order valence-electron chi connectivity index (χ4n) is 2.79. The maximum Gasteiger partial charge on any atom is 0.259 e. The van der Waals surface area contributed by atoms with E-state index in [0.717, 1.165) is 11.4 Å². The Morgan fingerprint density at radius 2 is 1.85 bits per heavy atom. The van der Waals surface area contributed by atoms with Crippen molar-refractivity contribution in [2.45, 2.75) is 6.92 Å². The van der Waals surface area contributed by atoms with Crippen molar-refractivity contribution in [3.8, 4) is 17.2 Å². The van der Waals surface area contributed by atoms with Crippen LogP contribution in [-0.4, -0.2) is 28.9 Å². The molecular weight excluding hydrogens is 354 g/mol. The van der Waals surface area contributed by atoms with Gasteiger partial charge in [0.15, 0.2) is 11.5 Å². The maximum absolute atomic E-state index is 12.6. The van der Waals surface area contributed by atoms with Gasteiger partial charge in [0.05, 0.1) is 23.1 Å². The predicted molar refractivity (Wildman–Crippen MR) is 98.7 cm³/mol. The fraction of sp³-hybridized carbons (Fsp3) is 0.158. The Morgan fingerprint density at radius 3 is 2.62 bits per heavy atom. The van der Waals surface area contributed by atoms with E-state index in [1.807, 2.05) is 19.1 Å². The van der Waals surface area contributed by atoms with Crippen molar-refractivity contribution >= 4 is 23.2 Å². The monoisotopic (exact) mass is 369 g/mol. The second-order valence-electron chi connectivity index (χ2n) is 5.84. The number of benzene rings is 2. The Kier molecular flexibility index (Phi) is 4.26. The molecule has 0 aliphatic carbocycles. The van der Waals surface area contributed by atoms with Gasteiger partial charge in [-0.2, -0.15) is 5.10 Å². The summed E-state index contributed by atoms with van der Waals surface area (Å²) in [5.74, 6) is 1.07. The molecule has 2 heterocycles. The SMILES string of the molecule is Cc1c(C(=O)Nc2ccc3c(c2)OCCO3)cnn1-c1ccc(Cl)cc1. The summed E-state index contributed by atoms with van der Waals surface area (Å²) < 4.78 is 12.7. The normalized spacial score (nSPS) is 12.7. The van der Waals surface area contributed by atoms with E-state index >= 15 is 0 Å². The van der Waals surface area contributed by atoms with E-state index in [0.29, 0.717) is 41.0 Å². The molecule has 7 heteroatoms. The number of carbonyl (C=O) groups excluding carboxylic acids is 1. The van der Waals surface area contributed by atoms with Gasteiger partial charge < -0.3 is 14.8 Å². The van der Waals surface area contributed by atoms with Crippen LogP contribution in [-0.2, 0) is 0 Å². The van der Waals surface area contributed by atoms with E-state index in [9.17, 15) is 4.79 Å². The molecule has 0 spiro atoms. The van der Waals surface area contributed by atoms with Crippen LogP contribution in [0.2, 0.25) is 5.02 Å². The number of amides is 1. The number of nitrogens with one attached hydrogen (secondary N) is 1. The van der Waals surface area contributed by atoms with Crippen LogP contribution in [0.3, 0.4) is 0 Å². The number of halogens is 1. The van der Waals surface area contributed by atoms with Crippen LogP contribution in [0.15, 0.2) is 48.7 Å². The lowest BCUT2D eigenvalue weighted by molar-refractivity contribution is 0.102. The molecule has 1 aromatic heterocycles. The lowest BCUT2D eigenvalue weighted by Gasteiger charge is -2.19. The number of hydrogen-bond acceptors (Lipinski definition) is 4. The number of rotatable bonds is 3. The van der Waals surface area contributed by atoms with Crippen LogP contribution in [0.4, 0.5) is 5.69 Å². The summed E-state index contributed by atoms with van der Waals surface area (Å²) >= 11 is 5.92. The average molecular weight is 370 g/mol. The van der Waals surface area contributed by atoms with Crippen LogP contribution in [0.5, 0.6) is 11.5 Å². The van der Waals surface area contributed by atoms with Gasteiger partial charge in [0.1, 0.15) is 13.2 Å². The van der Waals surface area contributed by atoms with Gasteiger partial charge in [0.25, 0.3) is 5.91 Å². The molecule has 1 aliphatic heterocycles. The van der Waals surface area contributed by atoms with Crippen molar-refractivity contribution in [3.05, 3.63) is 64.9 Å². The third-order valence-electron chi connectivity index (χ3n) is 4.13. The van der Waals surface area contributed by atoms with Gasteiger partial charge in [-0.1, -0.05) is 11.6 Å². The third-order valence-corrected chi connectivity index (χ3v) is 4.38. The largest absolute Gasteiger partial charge is 0.486 e. The first-order chi connectivity index (χ1) is 12.6. The van der Waals surface area contributed by atoms with Gasteiger partial charge in [-0.3, -0.25) is 4.79 Å². The molecule has 0 atom stereocenters. The molecule has 0 saturated heterocycles. The molecule has 2 aromatic carbocycles. The summed E-state index contributed by atoms with van der Waals surface area (Å²) in [6, 6.07) is 12.6. The number of nitrogens with zero attached hydrogens (tertiary/aromatic N) is 2. The van der Waals surface area contributed by atoms with Crippen LogP contribution in [0.25, 0.3) is 5.69 Å². The summed E-state index contributed by atoms with van der Waals surface area (Å²) in [5.41, 5.74) is 2.71. The topological polar surface area (TPSA) is 65.4 Å². The number of aromatic nitrogens is 2. The zero-order valence-electron chi connectivity index (χ0n) is 14.0. The first kappa shape index (κ1) is 16.5. The number of fused-ring (bicyclic) bond motifs is 1. The molecule has 1 aliphatic rings. The minimum atomic E-state index is -0.237. The number of hydrogen-bond donors (Lipinski definition) is 1. The molecule has 0 unspecified atom stereocenters. The number of ether oxygens (including phenoxy) is 2. The highest BCUT2D eigenvalue weighted by Crippen LogP contribution is 2.32. The lowest BCUT2D eigenvalue weighted by Crippen LogP contribution is -2.16. The molecule has 4 rings (SSSR count). The van der Waals surface area contributed by atoms with Crippen molar-refractivity contribution < 1.29 is 14.3 Å². The smallest absolute Gasteiger partial charge is 0.259 e. The summed E-state index contributed by atoms with van der Waals surface area (Å²) in [6.07, 6.45) is 1.55. The summed E-state index contributed by atoms with van der Waals surface area (Å²) in [6.45, 7) is 2.87. The van der Waals surface area contributed by atoms with Crippen LogP contribution >= 0.6 is 11.6 Å². The Balaban J connectivity index is 1.56. The quantitative estimate of drug-likeness (QED) is 0.761. The van der Waals surface area contributed by atoms with Crippen LogP contribution in [0.1, 0.15) is 16.1 Å². The molecule has 1 N–H and O–H groups in total. The molecule has 3 aromatic rings. The maximum atomic E-state index is 12.6. The molecule has 0 bridgehead atoms. The highest BCUT2D eigenvalue weighted by molar-refractivity contribution is 6.30. The van der Waals surface area contributed by atoms with Crippen molar-refractivity contribution in [1.82, 2.24) is 9.78 Å². The number of carbonyl (C=O) groups is 1. The average Bonchev–Trinajstić information content (AvgIpc) is 3.04. The number of anilines is 1. The van der Waals surface area contributed by atoms with E-state index < -0.39 is 0 Å². The van der Waals surface area contributed by atoms with Crippen molar-refractivity contribution in [1.29, 1.82) is 0 Å². The van der Waals surface area contributed by atoms with Crippen LogP contribution in [0, 0.1) is 6.92 Å². The van der Waals surface area contributed by atoms with E-state index in [1.54, 1.807) is 41.2 Å². The zero-order valence-corrected chi connectivity index (χ0v) is 14.8. The van der Waals surface area contributed by atoms with E-state index in [-0.39, 0.29) is 5.91 Å². The van der Waals surface area contributed by atoms with Gasteiger partial charge in [0.2, 0.25) is 0 Å². The Hall–Kier alpha value is -2.99. The first-order valence-electron chi connectivity index (χ1n) is 8.13. The second kappa shape index (κ2) is 6.72. The van der Waals surface area contributed by atoms with Gasteiger partial charge in [-0.25, -0.2) is 4.68 Å². The van der Waals surface area contributed by atoms with Gasteiger partial charge in [-0.15, -0.1) is 0 Å². The molecule has 0 radical (unpaired) electrons. The van der Waals surface area contributed by atoms with E-state index in [2.05, 4.69) is 10.4 Å². The van der Waals surface area contributed by atoms with Gasteiger partial charge >= 0.3 is 0 Å². The molecular formula is C19H16ClN3O3. The van der Waals surface area contributed by atoms with Crippen molar-refractivity contribution in [2.24, 2.45) is 0 Å². The van der Waals surface area contributed by atoms with E-state index in [1.165, 1.54) is 0 Å². The first-order valence-corrected chi connectivity index (χ1v) is 8.51. The lowest BCUT2D eigenvalue weighted by atomic mass is 10.2. The Morgan fingerprint density at radius 1 is 1.12 bits per heavy atom. The third kappa shape index (κ3) is 3.11. The molecule has 0 saturated carbocycles.